The smallest absolute Gasteiger partial charge is 0.326 e. The van der Waals surface area contributed by atoms with E-state index in [0.29, 0.717) is 31.6 Å². The van der Waals surface area contributed by atoms with E-state index in [2.05, 4.69) is 20.9 Å². The van der Waals surface area contributed by atoms with E-state index in [1.807, 2.05) is 30.5 Å². The highest BCUT2D eigenvalue weighted by Crippen LogP contribution is 2.19. The van der Waals surface area contributed by atoms with E-state index in [4.69, 9.17) is 17.2 Å². The first-order valence-corrected chi connectivity index (χ1v) is 14.9. The van der Waals surface area contributed by atoms with Crippen molar-refractivity contribution in [1.82, 2.24) is 20.9 Å². The average molecular weight is 592 g/mol. The van der Waals surface area contributed by atoms with Crippen molar-refractivity contribution in [3.63, 3.8) is 0 Å². The van der Waals surface area contributed by atoms with E-state index >= 15 is 0 Å². The Bertz CT molecular complexity index is 1190. The van der Waals surface area contributed by atoms with Crippen molar-refractivity contribution in [2.45, 2.75) is 69.1 Å². The van der Waals surface area contributed by atoms with Crippen LogP contribution in [-0.4, -0.2) is 82.4 Å². The van der Waals surface area contributed by atoms with Gasteiger partial charge in [-0.3, -0.25) is 19.2 Å². The number of unbranched alkanes of at least 4 members (excludes halogenated alkanes) is 1. The normalized spacial score (nSPS) is 14.0. The van der Waals surface area contributed by atoms with Gasteiger partial charge in [0.2, 0.25) is 23.6 Å². The summed E-state index contributed by atoms with van der Waals surface area (Å²) in [6.45, 7) is 0.377. The van der Waals surface area contributed by atoms with E-state index in [-0.39, 0.29) is 25.7 Å². The molecule has 13 nitrogen and oxygen atoms in total. The third kappa shape index (κ3) is 11.1. The number of rotatable bonds is 19. The molecule has 1 aromatic carbocycles. The maximum Gasteiger partial charge on any atom is 0.326 e. The van der Waals surface area contributed by atoms with Crippen LogP contribution in [0.1, 0.15) is 44.1 Å². The van der Waals surface area contributed by atoms with Crippen LogP contribution in [0.15, 0.2) is 30.5 Å². The van der Waals surface area contributed by atoms with Gasteiger partial charge in [0.05, 0.1) is 6.04 Å². The fourth-order valence-electron chi connectivity index (χ4n) is 4.23. The SMILES string of the molecule is CSCCC(N)C(=O)NC(Cc1c[nH]c2ccccc12)C(=O)NC(CCC(N)=O)C(=O)NC(CCCCN)C(=O)O. The van der Waals surface area contributed by atoms with Gasteiger partial charge in [-0.2, -0.15) is 11.8 Å². The number of nitrogens with two attached hydrogens (primary N) is 3. The van der Waals surface area contributed by atoms with Gasteiger partial charge in [0.25, 0.3) is 0 Å². The number of H-pyrrole nitrogens is 1. The van der Waals surface area contributed by atoms with Gasteiger partial charge in [0.1, 0.15) is 18.1 Å². The van der Waals surface area contributed by atoms with E-state index in [0.717, 1.165) is 16.5 Å². The molecule has 0 aliphatic carbocycles. The van der Waals surface area contributed by atoms with Crippen molar-refractivity contribution in [3.8, 4) is 0 Å². The van der Waals surface area contributed by atoms with E-state index in [1.165, 1.54) is 11.8 Å². The van der Waals surface area contributed by atoms with Crippen LogP contribution in [0.5, 0.6) is 0 Å². The van der Waals surface area contributed by atoms with Gasteiger partial charge in [-0.25, -0.2) is 4.79 Å². The van der Waals surface area contributed by atoms with Crippen molar-refractivity contribution in [2.24, 2.45) is 17.2 Å². The van der Waals surface area contributed by atoms with Crippen molar-refractivity contribution >= 4 is 52.3 Å². The highest BCUT2D eigenvalue weighted by molar-refractivity contribution is 7.98. The number of para-hydroxylation sites is 1. The molecule has 11 N–H and O–H groups in total. The van der Waals surface area contributed by atoms with Crippen LogP contribution in [0.3, 0.4) is 0 Å². The number of aliphatic carboxylic acids is 1. The van der Waals surface area contributed by atoms with Crippen LogP contribution >= 0.6 is 11.8 Å². The van der Waals surface area contributed by atoms with Crippen molar-refractivity contribution in [2.75, 3.05) is 18.6 Å². The maximum atomic E-state index is 13.6. The molecule has 0 saturated carbocycles. The summed E-state index contributed by atoms with van der Waals surface area (Å²) in [5, 5.41) is 18.1. The van der Waals surface area contributed by atoms with Gasteiger partial charge in [-0.1, -0.05) is 18.2 Å². The molecule has 226 valence electrons. The lowest BCUT2D eigenvalue weighted by Crippen LogP contribution is -2.57. The number of thioether (sulfide) groups is 1. The lowest BCUT2D eigenvalue weighted by atomic mass is 10.0. The summed E-state index contributed by atoms with van der Waals surface area (Å²) in [7, 11) is 0. The van der Waals surface area contributed by atoms with E-state index in [1.54, 1.807) is 6.20 Å². The summed E-state index contributed by atoms with van der Waals surface area (Å²) in [6.07, 6.45) is 4.91. The molecular weight excluding hydrogens is 550 g/mol. The second-order valence-electron chi connectivity index (χ2n) is 9.76. The molecule has 0 aliphatic rings. The summed E-state index contributed by atoms with van der Waals surface area (Å²) < 4.78 is 0. The predicted molar refractivity (Wildman–Crippen MR) is 158 cm³/mol. The summed E-state index contributed by atoms with van der Waals surface area (Å²) >= 11 is 1.54. The molecule has 0 fully saturated rings. The van der Waals surface area contributed by atoms with Gasteiger partial charge in [-0.05, 0) is 62.3 Å². The predicted octanol–water partition coefficient (Wildman–Crippen LogP) is -0.276. The molecular formula is C27H41N7O6S. The molecule has 1 heterocycles. The van der Waals surface area contributed by atoms with Gasteiger partial charge in [0, 0.05) is 29.9 Å². The molecule has 41 heavy (non-hydrogen) atoms. The molecule has 14 heteroatoms. The first-order valence-electron chi connectivity index (χ1n) is 13.5. The number of carboxylic acids is 1. The zero-order valence-electron chi connectivity index (χ0n) is 23.2. The lowest BCUT2D eigenvalue weighted by molar-refractivity contribution is -0.142. The Hall–Kier alpha value is -3.62. The summed E-state index contributed by atoms with van der Waals surface area (Å²) in [6, 6.07) is 3.01. The molecule has 0 spiro atoms. The van der Waals surface area contributed by atoms with Crippen LogP contribution in [-0.2, 0) is 30.4 Å². The summed E-state index contributed by atoms with van der Waals surface area (Å²) in [5.41, 5.74) is 18.4. The molecule has 2 aromatic rings. The number of carbonyl (C=O) groups excluding carboxylic acids is 4. The zero-order chi connectivity index (χ0) is 30.4. The molecule has 0 saturated heterocycles. The number of hydrogen-bond donors (Lipinski definition) is 8. The Balaban J connectivity index is 2.28. The first kappa shape index (κ1) is 33.6. The number of carbonyl (C=O) groups is 5. The molecule has 0 radical (unpaired) electrons. The molecule has 4 amide bonds. The standard InChI is InChI=1S/C27H41N7O6S/c1-41-13-11-18(29)24(36)34-22(14-16-15-31-19-7-3-2-6-17(16)19)26(38)32-20(9-10-23(30)35)25(37)33-21(27(39)40)8-4-5-12-28/h2-3,6-7,15,18,20-22,31H,4-5,8-14,28-29H2,1H3,(H2,30,35)(H,32,38)(H,33,37)(H,34,36)(H,39,40). The van der Waals surface area contributed by atoms with Crippen molar-refractivity contribution in [3.05, 3.63) is 36.0 Å². The number of nitrogens with one attached hydrogen (secondary N) is 4. The Morgan fingerprint density at radius 3 is 2.24 bits per heavy atom. The monoisotopic (exact) mass is 591 g/mol. The number of fused-ring (bicyclic) bond motifs is 1. The Morgan fingerprint density at radius 2 is 1.59 bits per heavy atom. The Labute approximate surface area is 243 Å². The van der Waals surface area contributed by atoms with Crippen LogP contribution < -0.4 is 33.2 Å². The number of hydrogen-bond acceptors (Lipinski definition) is 8. The molecule has 4 atom stereocenters. The number of aromatic amines is 1. The van der Waals surface area contributed by atoms with Crippen LogP contribution in [0.2, 0.25) is 0 Å². The summed E-state index contributed by atoms with van der Waals surface area (Å²) in [4.78, 5) is 65.9. The molecule has 2 rings (SSSR count). The lowest BCUT2D eigenvalue weighted by Gasteiger charge is -2.25. The quantitative estimate of drug-likeness (QED) is 0.100. The second-order valence-corrected chi connectivity index (χ2v) is 10.7. The Kier molecular flexibility index (Phi) is 14.1. The van der Waals surface area contributed by atoms with E-state index < -0.39 is 53.8 Å². The highest BCUT2D eigenvalue weighted by atomic mass is 32.2. The van der Waals surface area contributed by atoms with Gasteiger partial charge in [0.15, 0.2) is 0 Å². The first-order chi connectivity index (χ1) is 19.6. The third-order valence-electron chi connectivity index (χ3n) is 6.58. The third-order valence-corrected chi connectivity index (χ3v) is 7.22. The number of primary amides is 1. The Morgan fingerprint density at radius 1 is 0.927 bits per heavy atom. The summed E-state index contributed by atoms with van der Waals surface area (Å²) in [5.74, 6) is -3.28. The van der Waals surface area contributed by atoms with Crippen LogP contribution in [0.25, 0.3) is 10.9 Å². The minimum Gasteiger partial charge on any atom is -0.480 e. The van der Waals surface area contributed by atoms with Crippen LogP contribution in [0.4, 0.5) is 0 Å². The van der Waals surface area contributed by atoms with Crippen molar-refractivity contribution < 1.29 is 29.1 Å². The molecule has 0 bridgehead atoms. The second kappa shape index (κ2) is 17.3. The topological polar surface area (TPSA) is 236 Å². The number of amides is 4. The molecule has 0 aliphatic heterocycles. The van der Waals surface area contributed by atoms with Crippen molar-refractivity contribution in [1.29, 1.82) is 0 Å². The van der Waals surface area contributed by atoms with Gasteiger partial charge < -0.3 is 43.2 Å². The minimum absolute atomic E-state index is 0.0812. The number of carboxylic acid groups (broad SMARTS) is 1. The largest absolute Gasteiger partial charge is 0.480 e. The number of aromatic nitrogens is 1. The van der Waals surface area contributed by atoms with E-state index in [9.17, 15) is 29.1 Å². The maximum absolute atomic E-state index is 13.6. The highest BCUT2D eigenvalue weighted by Gasteiger charge is 2.31. The fraction of sp³-hybridized carbons (Fsp3) is 0.519. The molecule has 1 aromatic heterocycles. The fourth-order valence-corrected chi connectivity index (χ4v) is 4.72. The minimum atomic E-state index is -1.28. The van der Waals surface area contributed by atoms with Gasteiger partial charge in [-0.15, -0.1) is 0 Å². The zero-order valence-corrected chi connectivity index (χ0v) is 24.0. The number of benzene rings is 1. The molecule has 4 unspecified atom stereocenters. The van der Waals surface area contributed by atoms with Gasteiger partial charge >= 0.3 is 5.97 Å². The average Bonchev–Trinajstić information content (AvgIpc) is 3.35. The van der Waals surface area contributed by atoms with Crippen LogP contribution in [0, 0.1) is 0 Å².